The molecule has 0 saturated heterocycles. The van der Waals surface area contributed by atoms with Crippen molar-refractivity contribution in [1.82, 2.24) is 29.3 Å². The molecule has 8 rings (SSSR count). The highest BCUT2D eigenvalue weighted by Crippen LogP contribution is 2.42. The molecule has 2 amide bonds. The number of pyridine rings is 4. The summed E-state index contributed by atoms with van der Waals surface area (Å²) < 4.78 is 41.2. The number of carboxylic acids is 1. The van der Waals surface area contributed by atoms with Gasteiger partial charge in [0.1, 0.15) is 44.8 Å². The van der Waals surface area contributed by atoms with Crippen LogP contribution < -0.4 is 25.9 Å². The average molecular weight is 963 g/mol. The Morgan fingerprint density at radius 2 is 1.13 bits per heavy atom. The van der Waals surface area contributed by atoms with Crippen molar-refractivity contribution in [2.75, 3.05) is 20.1 Å². The van der Waals surface area contributed by atoms with Crippen LogP contribution in [0.1, 0.15) is 77.6 Å². The molecule has 21 heteroatoms. The molecule has 0 unspecified atom stereocenters. The van der Waals surface area contributed by atoms with Crippen LogP contribution in [0.15, 0.2) is 70.5 Å². The van der Waals surface area contributed by atoms with Crippen LogP contribution in [-0.4, -0.2) is 94.2 Å². The number of hydrogen-bond acceptors (Lipinski definition) is 12. The molecule has 0 bridgehead atoms. The number of rotatable bonds is 10. The van der Waals surface area contributed by atoms with Crippen molar-refractivity contribution < 1.29 is 52.8 Å². The van der Waals surface area contributed by atoms with Crippen molar-refractivity contribution in [3.63, 3.8) is 0 Å². The van der Waals surface area contributed by atoms with Gasteiger partial charge in [-0.15, -0.1) is 0 Å². The number of hydrogen-bond donors (Lipinski definition) is 4. The van der Waals surface area contributed by atoms with E-state index in [1.54, 1.807) is 36.1 Å². The lowest BCUT2D eigenvalue weighted by Gasteiger charge is -2.39. The van der Waals surface area contributed by atoms with E-state index in [9.17, 15) is 52.9 Å². The standard InChI is InChI=1S/C25H27FN4O5.C21H17FN2O6.2H2S/c1-5-29(6-2)24(34)25(3)13-30-19-18(20(31)17(23(30)33)22(32)27-4)28-12-15(21(19)35-25)11-14-7-9-16(26)10-8-14;1-10(25)14-17(26)15-16-18(30-21(2,20(28)29)9-24(16)19(14)27)12(8-23-15)7-11-3-5-13(22)6-4-11;;/h7-10,12,31H,5-6,11,13H2,1-4H3,(H,27,32);3-6,8,26H,7,9H2,1-2H3,(H,28,29);2*1H2/t25-;21-;;/m00../s1. The van der Waals surface area contributed by atoms with E-state index in [1.807, 2.05) is 13.8 Å². The van der Waals surface area contributed by atoms with Crippen molar-refractivity contribution in [3.05, 3.63) is 127 Å². The summed E-state index contributed by atoms with van der Waals surface area (Å²) >= 11 is 0. The Bertz CT molecular complexity index is 3090. The highest BCUT2D eigenvalue weighted by molar-refractivity contribution is 7.59. The lowest BCUT2D eigenvalue weighted by molar-refractivity contribution is -0.155. The van der Waals surface area contributed by atoms with Gasteiger partial charge in [-0.05, 0) is 70.0 Å². The van der Waals surface area contributed by atoms with E-state index in [1.165, 1.54) is 55.2 Å². The number of ketones is 1. The van der Waals surface area contributed by atoms with Crippen LogP contribution in [-0.2, 0) is 35.5 Å². The fourth-order valence-electron chi connectivity index (χ4n) is 8.06. The van der Waals surface area contributed by atoms with Gasteiger partial charge in [0.25, 0.3) is 22.9 Å². The van der Waals surface area contributed by atoms with E-state index >= 15 is 0 Å². The monoisotopic (exact) mass is 962 g/mol. The van der Waals surface area contributed by atoms with Gasteiger partial charge in [-0.25, -0.2) is 13.6 Å². The second-order valence-corrected chi connectivity index (χ2v) is 16.0. The van der Waals surface area contributed by atoms with Crippen molar-refractivity contribution >= 4 is 72.6 Å². The largest absolute Gasteiger partial charge is 0.505 e. The van der Waals surface area contributed by atoms with Crippen molar-refractivity contribution in [1.29, 1.82) is 0 Å². The maximum atomic E-state index is 13.5. The van der Waals surface area contributed by atoms with E-state index in [2.05, 4.69) is 15.3 Å². The number of nitrogens with zero attached hydrogens (tertiary/aromatic N) is 5. The first-order valence-electron chi connectivity index (χ1n) is 20.4. The topological polar surface area (TPSA) is 232 Å². The summed E-state index contributed by atoms with van der Waals surface area (Å²) in [6.45, 7) is 8.10. The molecule has 2 aliphatic rings. The van der Waals surface area contributed by atoms with E-state index in [0.29, 0.717) is 29.8 Å². The predicted octanol–water partition coefficient (Wildman–Crippen LogP) is 4.71. The minimum atomic E-state index is -1.78. The first kappa shape index (κ1) is 51.0. The van der Waals surface area contributed by atoms with E-state index < -0.39 is 68.4 Å². The molecule has 2 aromatic carbocycles. The number of ether oxygens (including phenoxy) is 2. The number of Topliss-reactive ketones (excluding diaryl/α,β-unsaturated/α-hetero) is 1. The van der Waals surface area contributed by atoms with Gasteiger partial charge in [0.15, 0.2) is 28.8 Å². The summed E-state index contributed by atoms with van der Waals surface area (Å²) in [6, 6.07) is 11.6. The van der Waals surface area contributed by atoms with E-state index in [4.69, 9.17) is 9.47 Å². The highest BCUT2D eigenvalue weighted by atomic mass is 32.1. The highest BCUT2D eigenvalue weighted by Gasteiger charge is 2.45. The zero-order valence-electron chi connectivity index (χ0n) is 37.1. The van der Waals surface area contributed by atoms with Gasteiger partial charge in [0.2, 0.25) is 11.2 Å². The van der Waals surface area contributed by atoms with Gasteiger partial charge >= 0.3 is 5.97 Å². The van der Waals surface area contributed by atoms with Crippen LogP contribution in [0.4, 0.5) is 8.78 Å². The van der Waals surface area contributed by atoms with Crippen LogP contribution in [0.5, 0.6) is 23.0 Å². The Labute approximate surface area is 394 Å². The number of aromatic nitrogens is 4. The number of nitrogens with one attached hydrogen (secondary N) is 1. The molecule has 67 heavy (non-hydrogen) atoms. The van der Waals surface area contributed by atoms with Crippen LogP contribution in [0.2, 0.25) is 0 Å². The zero-order chi connectivity index (χ0) is 47.3. The third-order valence-corrected chi connectivity index (χ3v) is 11.5. The maximum Gasteiger partial charge on any atom is 0.349 e. The normalized spacial score (nSPS) is 16.5. The number of aliphatic carboxylic acids is 1. The Morgan fingerprint density at radius 3 is 1.54 bits per heavy atom. The molecule has 0 saturated carbocycles. The second kappa shape index (κ2) is 19.5. The molecule has 17 nitrogen and oxygen atoms in total. The minimum Gasteiger partial charge on any atom is -0.505 e. The molecule has 6 aromatic rings. The predicted molar refractivity (Wildman–Crippen MR) is 252 cm³/mol. The molecule has 4 aromatic heterocycles. The molecule has 2 aliphatic heterocycles. The van der Waals surface area contributed by atoms with E-state index in [-0.39, 0.29) is 98.2 Å². The summed E-state index contributed by atoms with van der Waals surface area (Å²) in [4.78, 5) is 86.3. The smallest absolute Gasteiger partial charge is 0.349 e. The number of likely N-dealkylation sites (N-methyl/N-ethyl adjacent to an activating group) is 1. The minimum absolute atomic E-state index is 0. The first-order chi connectivity index (χ1) is 30.8. The molecular formula is C46H48F2N6O11S2. The second-order valence-electron chi connectivity index (χ2n) is 16.0. The molecule has 6 heterocycles. The average Bonchev–Trinajstić information content (AvgIpc) is 3.27. The third-order valence-electron chi connectivity index (χ3n) is 11.5. The summed E-state index contributed by atoms with van der Waals surface area (Å²) in [6.07, 6.45) is 3.35. The van der Waals surface area contributed by atoms with Gasteiger partial charge in [0, 0.05) is 56.5 Å². The van der Waals surface area contributed by atoms with Crippen molar-refractivity contribution in [2.45, 2.75) is 71.8 Å². The molecule has 4 N–H and O–H groups in total. The lowest BCUT2D eigenvalue weighted by Crippen LogP contribution is -2.56. The summed E-state index contributed by atoms with van der Waals surface area (Å²) in [7, 11) is 1.35. The Kier molecular flexibility index (Phi) is 14.8. The van der Waals surface area contributed by atoms with Crippen LogP contribution in [0.3, 0.4) is 0 Å². The van der Waals surface area contributed by atoms with Gasteiger partial charge in [0.05, 0.1) is 13.1 Å². The zero-order valence-corrected chi connectivity index (χ0v) is 39.1. The van der Waals surface area contributed by atoms with Crippen molar-refractivity contribution in [3.8, 4) is 23.0 Å². The number of aromatic hydroxyl groups is 2. The fraction of sp³-hybridized carbons (Fsp3) is 0.304. The van der Waals surface area contributed by atoms with Crippen molar-refractivity contribution in [2.24, 2.45) is 0 Å². The summed E-state index contributed by atoms with van der Waals surface area (Å²) in [5.74, 6) is -4.66. The number of carboxylic acid groups (broad SMARTS) is 1. The Balaban J connectivity index is 0.000000246. The number of carbonyl (C=O) groups excluding carboxylic acids is 3. The lowest BCUT2D eigenvalue weighted by atomic mass is 9.98. The summed E-state index contributed by atoms with van der Waals surface area (Å²) in [5, 5.41) is 33.4. The van der Waals surface area contributed by atoms with Gasteiger partial charge < -0.3 is 35.0 Å². The molecule has 0 aliphatic carbocycles. The number of amides is 2. The SMILES string of the molecule is CC(=O)c1c(O)c2ncc(Cc3ccc(F)cc3)c3c2n(c1=O)C[C@@](C)(C(=O)O)O3.CCN(CC)C(=O)[C@]1(C)Cn2c(=O)c(C(=O)NC)c(O)c3ncc(Cc4ccc(F)cc4)c(c32)O1.S.S. The quantitative estimate of drug-likeness (QED) is 0.137. The van der Waals surface area contributed by atoms with Gasteiger partial charge in [-0.1, -0.05) is 24.3 Å². The molecule has 354 valence electrons. The first-order valence-corrected chi connectivity index (χ1v) is 20.4. The van der Waals surface area contributed by atoms with E-state index in [0.717, 1.165) is 17.1 Å². The fourth-order valence-corrected chi connectivity index (χ4v) is 8.06. The Morgan fingerprint density at radius 1 is 0.731 bits per heavy atom. The number of halogens is 2. The van der Waals surface area contributed by atoms with Gasteiger partial charge in [-0.2, -0.15) is 27.0 Å². The van der Waals surface area contributed by atoms with Gasteiger partial charge in [-0.3, -0.25) is 43.1 Å². The number of benzene rings is 2. The van der Waals surface area contributed by atoms with Crippen LogP contribution in [0.25, 0.3) is 22.1 Å². The molecule has 0 radical (unpaired) electrons. The summed E-state index contributed by atoms with van der Waals surface area (Å²) in [5.41, 5.74) is -2.97. The molecule has 0 fully saturated rings. The van der Waals surface area contributed by atoms with Crippen LogP contribution in [0, 0.1) is 11.6 Å². The maximum absolute atomic E-state index is 13.5. The molecule has 2 atom stereocenters. The Hall–Kier alpha value is -7.00. The van der Waals surface area contributed by atoms with Crippen LogP contribution >= 0.6 is 27.0 Å². The number of carbonyl (C=O) groups is 4. The third kappa shape index (κ3) is 9.12. The molecule has 0 spiro atoms. The molecular weight excluding hydrogens is 915 g/mol.